The van der Waals surface area contributed by atoms with Crippen LogP contribution in [-0.4, -0.2) is 40.1 Å². The quantitative estimate of drug-likeness (QED) is 0.810. The van der Waals surface area contributed by atoms with E-state index in [1.807, 2.05) is 0 Å². The summed E-state index contributed by atoms with van der Waals surface area (Å²) in [5.74, 6) is -0.936. The van der Waals surface area contributed by atoms with Gasteiger partial charge < -0.3 is 15.2 Å². The van der Waals surface area contributed by atoms with E-state index >= 15 is 0 Å². The van der Waals surface area contributed by atoms with Crippen LogP contribution in [0.25, 0.3) is 0 Å². The number of carbonyl (C=O) groups is 1. The predicted octanol–water partition coefficient (Wildman–Crippen LogP) is 0.775. The third kappa shape index (κ3) is 2.54. The maximum absolute atomic E-state index is 11.0. The van der Waals surface area contributed by atoms with Gasteiger partial charge in [0.1, 0.15) is 5.56 Å². The van der Waals surface area contributed by atoms with Gasteiger partial charge in [0.15, 0.2) is 0 Å². The number of aryl methyl sites for hydroxylation is 1. The van der Waals surface area contributed by atoms with Crippen LogP contribution in [0.2, 0.25) is 0 Å². The van der Waals surface area contributed by atoms with Crippen LogP contribution >= 0.6 is 0 Å². The minimum absolute atomic E-state index is 0.228. The number of ether oxygens (including phenoxy) is 1. The Labute approximate surface area is 106 Å². The molecule has 1 aliphatic carbocycles. The molecule has 6 heteroatoms. The number of aromatic nitrogens is 2. The van der Waals surface area contributed by atoms with Crippen molar-refractivity contribution in [2.75, 3.05) is 7.11 Å². The lowest BCUT2D eigenvalue weighted by Crippen LogP contribution is -2.37. The molecule has 6 nitrogen and oxygen atoms in total. The van der Waals surface area contributed by atoms with E-state index in [0.29, 0.717) is 18.3 Å². The summed E-state index contributed by atoms with van der Waals surface area (Å²) >= 11 is 0. The summed E-state index contributed by atoms with van der Waals surface area (Å²) in [7, 11) is 3.48. The molecule has 2 atom stereocenters. The van der Waals surface area contributed by atoms with E-state index in [9.17, 15) is 4.79 Å². The Morgan fingerprint density at radius 1 is 1.67 bits per heavy atom. The summed E-state index contributed by atoms with van der Waals surface area (Å²) in [6.45, 7) is 0.503. The van der Waals surface area contributed by atoms with Crippen molar-refractivity contribution in [2.24, 2.45) is 7.05 Å². The molecule has 1 aromatic rings. The van der Waals surface area contributed by atoms with E-state index in [1.165, 1.54) is 6.20 Å². The second-order valence-corrected chi connectivity index (χ2v) is 4.63. The van der Waals surface area contributed by atoms with Crippen LogP contribution in [0.15, 0.2) is 6.20 Å². The Morgan fingerprint density at radius 3 is 3.11 bits per heavy atom. The monoisotopic (exact) mass is 253 g/mol. The van der Waals surface area contributed by atoms with Crippen molar-refractivity contribution >= 4 is 5.97 Å². The van der Waals surface area contributed by atoms with Gasteiger partial charge in [0.25, 0.3) is 0 Å². The Morgan fingerprint density at radius 2 is 2.44 bits per heavy atom. The molecular formula is C12H19N3O3. The minimum atomic E-state index is -0.936. The number of carboxylic acid groups (broad SMARTS) is 1. The number of nitrogens with zero attached hydrogens (tertiary/aromatic N) is 2. The molecule has 2 unspecified atom stereocenters. The third-order valence-corrected chi connectivity index (χ3v) is 3.58. The lowest BCUT2D eigenvalue weighted by molar-refractivity contribution is 0.0694. The van der Waals surface area contributed by atoms with E-state index < -0.39 is 5.97 Å². The number of methoxy groups -OCH3 is 1. The highest BCUT2D eigenvalue weighted by Gasteiger charge is 2.27. The second-order valence-electron chi connectivity index (χ2n) is 4.63. The molecule has 2 N–H and O–H groups in total. The van der Waals surface area contributed by atoms with Gasteiger partial charge in [0.05, 0.1) is 18.0 Å². The average molecular weight is 253 g/mol. The number of rotatable bonds is 5. The third-order valence-electron chi connectivity index (χ3n) is 3.58. The lowest BCUT2D eigenvalue weighted by atomic mass is 10.2. The molecule has 0 amide bonds. The molecule has 0 aliphatic heterocycles. The average Bonchev–Trinajstić information content (AvgIpc) is 2.92. The first-order chi connectivity index (χ1) is 8.63. The molecule has 0 aromatic carbocycles. The van der Waals surface area contributed by atoms with Crippen LogP contribution in [0.1, 0.15) is 35.3 Å². The number of aromatic carboxylic acids is 1. The first kappa shape index (κ1) is 13.0. The smallest absolute Gasteiger partial charge is 0.339 e. The Bertz CT molecular complexity index is 430. The van der Waals surface area contributed by atoms with Gasteiger partial charge in [-0.3, -0.25) is 4.68 Å². The highest BCUT2D eigenvalue weighted by atomic mass is 16.5. The predicted molar refractivity (Wildman–Crippen MR) is 65.4 cm³/mol. The van der Waals surface area contributed by atoms with Crippen molar-refractivity contribution in [2.45, 2.75) is 38.0 Å². The zero-order valence-electron chi connectivity index (χ0n) is 10.7. The molecule has 1 aromatic heterocycles. The van der Waals surface area contributed by atoms with Crippen molar-refractivity contribution in [1.29, 1.82) is 0 Å². The van der Waals surface area contributed by atoms with Crippen LogP contribution in [0.4, 0.5) is 0 Å². The fraction of sp³-hybridized carbons (Fsp3) is 0.667. The summed E-state index contributed by atoms with van der Waals surface area (Å²) in [6, 6.07) is 0.298. The van der Waals surface area contributed by atoms with Gasteiger partial charge in [0.2, 0.25) is 0 Å². The van der Waals surface area contributed by atoms with Gasteiger partial charge in [-0.1, -0.05) is 0 Å². The molecule has 0 saturated heterocycles. The standard InChI is InChI=1S/C12H19N3O3/c1-15-10(8(6-14-15)12(16)17)7-13-9-4-3-5-11(9)18-2/h6,9,11,13H,3-5,7H2,1-2H3,(H,16,17). The first-order valence-corrected chi connectivity index (χ1v) is 6.13. The zero-order chi connectivity index (χ0) is 13.1. The van der Waals surface area contributed by atoms with Crippen molar-refractivity contribution in [1.82, 2.24) is 15.1 Å². The molecule has 2 rings (SSSR count). The minimum Gasteiger partial charge on any atom is -0.478 e. The lowest BCUT2D eigenvalue weighted by Gasteiger charge is -2.19. The Kier molecular flexibility index (Phi) is 3.98. The first-order valence-electron chi connectivity index (χ1n) is 6.13. The van der Waals surface area contributed by atoms with Crippen LogP contribution < -0.4 is 5.32 Å². The molecule has 1 heterocycles. The summed E-state index contributed by atoms with van der Waals surface area (Å²) in [5.41, 5.74) is 0.959. The Hall–Kier alpha value is -1.40. The van der Waals surface area contributed by atoms with Crippen molar-refractivity contribution in [3.63, 3.8) is 0 Å². The van der Waals surface area contributed by atoms with Gasteiger partial charge in [-0.2, -0.15) is 5.10 Å². The molecule has 1 aliphatic rings. The molecule has 1 saturated carbocycles. The molecule has 0 radical (unpaired) electrons. The fourth-order valence-electron chi connectivity index (χ4n) is 2.52. The van der Waals surface area contributed by atoms with E-state index in [2.05, 4.69) is 10.4 Å². The molecule has 1 fully saturated rings. The SMILES string of the molecule is COC1CCCC1NCc1c(C(=O)O)cnn1C. The van der Waals surface area contributed by atoms with Gasteiger partial charge >= 0.3 is 5.97 Å². The van der Waals surface area contributed by atoms with Crippen molar-refractivity contribution in [3.8, 4) is 0 Å². The van der Waals surface area contributed by atoms with Crippen LogP contribution in [0.5, 0.6) is 0 Å². The van der Waals surface area contributed by atoms with Crippen LogP contribution in [-0.2, 0) is 18.3 Å². The highest BCUT2D eigenvalue weighted by Crippen LogP contribution is 2.22. The second kappa shape index (κ2) is 5.49. The molecular weight excluding hydrogens is 234 g/mol. The van der Waals surface area contributed by atoms with E-state index in [4.69, 9.17) is 9.84 Å². The van der Waals surface area contributed by atoms with Crippen LogP contribution in [0.3, 0.4) is 0 Å². The molecule has 0 bridgehead atoms. The number of hydrogen-bond acceptors (Lipinski definition) is 4. The van der Waals surface area contributed by atoms with Crippen LogP contribution in [0, 0.1) is 0 Å². The van der Waals surface area contributed by atoms with Gasteiger partial charge in [-0.25, -0.2) is 4.79 Å². The number of hydrogen-bond donors (Lipinski definition) is 2. The van der Waals surface area contributed by atoms with E-state index in [-0.39, 0.29) is 11.7 Å². The topological polar surface area (TPSA) is 76.4 Å². The largest absolute Gasteiger partial charge is 0.478 e. The summed E-state index contributed by atoms with van der Waals surface area (Å²) in [4.78, 5) is 11.0. The number of carboxylic acids is 1. The highest BCUT2D eigenvalue weighted by molar-refractivity contribution is 5.88. The van der Waals surface area contributed by atoms with Crippen molar-refractivity contribution < 1.29 is 14.6 Å². The molecule has 0 spiro atoms. The van der Waals surface area contributed by atoms with Gasteiger partial charge in [-0.05, 0) is 19.3 Å². The molecule has 18 heavy (non-hydrogen) atoms. The van der Waals surface area contributed by atoms with Gasteiger partial charge in [-0.15, -0.1) is 0 Å². The van der Waals surface area contributed by atoms with Crippen molar-refractivity contribution in [3.05, 3.63) is 17.5 Å². The number of nitrogens with one attached hydrogen (secondary N) is 1. The van der Waals surface area contributed by atoms with E-state index in [1.54, 1.807) is 18.8 Å². The summed E-state index contributed by atoms with van der Waals surface area (Å²) in [5, 5.41) is 16.4. The van der Waals surface area contributed by atoms with E-state index in [0.717, 1.165) is 19.3 Å². The zero-order valence-corrected chi connectivity index (χ0v) is 10.7. The summed E-state index contributed by atoms with van der Waals surface area (Å²) in [6.07, 6.45) is 4.89. The maximum atomic E-state index is 11.0. The van der Waals surface area contributed by atoms with Gasteiger partial charge in [0, 0.05) is 26.7 Å². The fourth-order valence-corrected chi connectivity index (χ4v) is 2.52. The summed E-state index contributed by atoms with van der Waals surface area (Å²) < 4.78 is 7.00. The normalized spacial score (nSPS) is 23.4. The molecule has 100 valence electrons. The maximum Gasteiger partial charge on any atom is 0.339 e. The Balaban J connectivity index is 2.01.